The van der Waals surface area contributed by atoms with Gasteiger partial charge in [-0.3, -0.25) is 0 Å². The van der Waals surface area contributed by atoms with Crippen molar-refractivity contribution >= 4 is 172 Å². The van der Waals surface area contributed by atoms with Gasteiger partial charge < -0.3 is 22.7 Å². The summed E-state index contributed by atoms with van der Waals surface area (Å²) in [6.07, 6.45) is 0. The Labute approximate surface area is 769 Å². The largest absolute Gasteiger partial charge is 0.456 e. The molecule has 9 aromatic heterocycles. The lowest BCUT2D eigenvalue weighted by Crippen LogP contribution is -2.00. The van der Waals surface area contributed by atoms with Crippen molar-refractivity contribution in [3.8, 4) is 113 Å². The first-order valence-corrected chi connectivity index (χ1v) is 46.3. The summed E-state index contributed by atoms with van der Waals surface area (Å²) >= 11 is 3.67. The van der Waals surface area contributed by atoms with Crippen LogP contribution in [0.15, 0.2) is 441 Å². The van der Waals surface area contributed by atoms with Gasteiger partial charge in [0.05, 0.1) is 44.1 Å². The monoisotopic (exact) mass is 1730 g/mol. The number of thiophene rings is 2. The van der Waals surface area contributed by atoms with Gasteiger partial charge in [0.1, 0.15) is 11.2 Å². The van der Waals surface area contributed by atoms with Crippen LogP contribution in [-0.4, -0.2) is 48.2 Å². The fourth-order valence-electron chi connectivity index (χ4n) is 20.1. The molecule has 0 spiro atoms. The van der Waals surface area contributed by atoms with E-state index in [2.05, 4.69) is 322 Å². The molecular weight excluding hydrogens is 1660 g/mol. The Balaban J connectivity index is 0.000000137. The van der Waals surface area contributed by atoms with Gasteiger partial charge >= 0.3 is 0 Å². The highest BCUT2D eigenvalue weighted by atomic mass is 32.1. The first kappa shape index (κ1) is 75.8. The van der Waals surface area contributed by atoms with E-state index in [1.165, 1.54) is 139 Å². The van der Waals surface area contributed by atoms with Crippen LogP contribution in [0.3, 0.4) is 0 Å². The van der Waals surface area contributed by atoms with Crippen molar-refractivity contribution in [3.05, 3.63) is 437 Å². The molecule has 0 unspecified atom stereocenters. The Kier molecular flexibility index (Phi) is 17.5. The number of fused-ring (bicyclic) bond motifs is 21. The Morgan fingerprint density at radius 2 is 0.398 bits per heavy atom. The zero-order valence-corrected chi connectivity index (χ0v) is 72.9. The summed E-state index contributed by atoms with van der Waals surface area (Å²) in [5, 5.41) is 17.0. The third kappa shape index (κ3) is 12.7. The van der Waals surface area contributed by atoms with E-state index in [0.29, 0.717) is 34.9 Å². The molecule has 11 nitrogen and oxygen atoms in total. The molecular formula is C120H72N10OS2. The second kappa shape index (κ2) is 30.7. The Bertz CT molecular complexity index is 9490. The van der Waals surface area contributed by atoms with Crippen molar-refractivity contribution in [3.63, 3.8) is 0 Å². The molecule has 0 saturated carbocycles. The molecule has 0 aliphatic heterocycles. The van der Waals surface area contributed by atoms with Gasteiger partial charge in [0.25, 0.3) is 0 Å². The lowest BCUT2D eigenvalue weighted by molar-refractivity contribution is 0.669. The highest BCUT2D eigenvalue weighted by Gasteiger charge is 2.24. The van der Waals surface area contributed by atoms with Gasteiger partial charge in [0.2, 0.25) is 0 Å². The van der Waals surface area contributed by atoms with E-state index >= 15 is 0 Å². The summed E-state index contributed by atoms with van der Waals surface area (Å²) in [5.41, 5.74) is 26.1. The molecule has 620 valence electrons. The number of nitrogens with zero attached hydrogens (tertiary/aromatic N) is 10. The van der Waals surface area contributed by atoms with Crippen molar-refractivity contribution in [1.82, 2.24) is 48.2 Å². The molecule has 28 rings (SSSR count). The maximum absolute atomic E-state index is 6.21. The fraction of sp³-hybridized carbons (Fsp3) is 0. The average Bonchev–Trinajstić information content (AvgIpc) is 1.59. The third-order valence-electron chi connectivity index (χ3n) is 26.3. The van der Waals surface area contributed by atoms with Gasteiger partial charge in [0.15, 0.2) is 34.9 Å². The number of hydrogen-bond donors (Lipinski definition) is 0. The Morgan fingerprint density at radius 1 is 0.150 bits per heavy atom. The van der Waals surface area contributed by atoms with Crippen LogP contribution in [0, 0.1) is 0 Å². The molecule has 0 bridgehead atoms. The number of benzene rings is 19. The van der Waals surface area contributed by atoms with Gasteiger partial charge in [-0.15, -0.1) is 22.7 Å². The van der Waals surface area contributed by atoms with Crippen molar-refractivity contribution in [2.45, 2.75) is 0 Å². The quantitative estimate of drug-likeness (QED) is 0.120. The Hall–Kier alpha value is -17.4. The van der Waals surface area contributed by atoms with Gasteiger partial charge in [0, 0.05) is 150 Å². The third-order valence-corrected chi connectivity index (χ3v) is 28.6. The molecule has 133 heavy (non-hydrogen) atoms. The van der Waals surface area contributed by atoms with E-state index < -0.39 is 0 Å². The number of furan rings is 1. The minimum atomic E-state index is 0.637. The number of rotatable bonds is 12. The first-order chi connectivity index (χ1) is 65.9. The summed E-state index contributed by atoms with van der Waals surface area (Å²) in [6.45, 7) is 0. The lowest BCUT2D eigenvalue weighted by atomic mass is 10.0. The molecule has 0 saturated heterocycles. The second-order valence-corrected chi connectivity index (χ2v) is 36.2. The zero-order chi connectivity index (χ0) is 87.3. The molecule has 0 aliphatic carbocycles. The number of hydrogen-bond acceptors (Lipinski definition) is 9. The van der Waals surface area contributed by atoms with Gasteiger partial charge in [-0.1, -0.05) is 255 Å². The van der Waals surface area contributed by atoms with E-state index in [1.807, 2.05) is 156 Å². The van der Waals surface area contributed by atoms with E-state index in [1.54, 1.807) is 0 Å². The van der Waals surface area contributed by atoms with Crippen LogP contribution in [-0.2, 0) is 0 Å². The van der Waals surface area contributed by atoms with Crippen molar-refractivity contribution < 1.29 is 4.42 Å². The molecule has 28 aromatic rings. The molecule has 0 radical (unpaired) electrons. The van der Waals surface area contributed by atoms with E-state index in [0.717, 1.165) is 88.9 Å². The lowest BCUT2D eigenvalue weighted by Gasteiger charge is -2.11. The van der Waals surface area contributed by atoms with Crippen molar-refractivity contribution in [2.75, 3.05) is 0 Å². The van der Waals surface area contributed by atoms with Crippen LogP contribution in [0.1, 0.15) is 0 Å². The molecule has 13 heteroatoms. The highest BCUT2D eigenvalue weighted by molar-refractivity contribution is 7.26. The zero-order valence-electron chi connectivity index (χ0n) is 71.3. The van der Waals surface area contributed by atoms with Gasteiger partial charge in [-0.05, 0) is 204 Å². The molecule has 0 fully saturated rings. The maximum Gasteiger partial charge on any atom is 0.164 e. The molecule has 9 heterocycles. The summed E-state index contributed by atoms with van der Waals surface area (Å²) in [7, 11) is 0. The number of aromatic nitrogens is 10. The standard InChI is InChI=1S/C63H37N5OS.C57H35N5S/c1-3-13-38(14-4-1)61-64-62(39-15-5-2-6-16-39)66-63(65-61)42-25-31-59-51(35-42)52-37-44(27-32-60(52)70-59)68-54-21-11-8-18-46(54)49-34-41(24-29-56(49)68)40-23-28-55-48(33-40)45-17-7-10-20-53(45)67(55)43-26-30-58-50(36-43)47-19-9-12-22-57(47)69-58;1-3-13-36(14-4-1)55-58-56(37-15-5-2-6-16-37)60-57(59-55)38-23-27-41(28-24-38)61-49-20-10-7-17-43(49)46-33-39(25-30-51(46)61)40-26-31-52-47(34-40)44-18-8-11-21-50(44)62(52)42-29-32-54-48(35-42)45-19-9-12-22-53(45)63-54/h1-37H;1-35H. The minimum Gasteiger partial charge on any atom is -0.456 e. The maximum atomic E-state index is 6.21. The van der Waals surface area contributed by atoms with Crippen LogP contribution in [0.5, 0.6) is 0 Å². The minimum absolute atomic E-state index is 0.637. The highest BCUT2D eigenvalue weighted by Crippen LogP contribution is 2.46. The SMILES string of the molecule is c1ccc(-c2nc(-c3ccccc3)nc(-c3ccc(-n4c5ccccc5c5cc(-c6ccc7c(c6)c6ccccc6n7-c6ccc7sc8ccccc8c7c6)ccc54)cc3)n2)cc1.c1ccc(-c2nc(-c3ccccc3)nc(-c3ccc4sc5ccc(-n6c7ccccc7c7cc(-c8ccc9c(c8)c8ccccc8n9-c8ccc9oc%10ccccc%10c9c8)ccc76)cc5c4c3)n2)cc1. The molecule has 19 aromatic carbocycles. The topological polar surface area (TPSA) is 110 Å². The molecule has 0 N–H and O–H groups in total. The van der Waals surface area contributed by atoms with E-state index in [4.69, 9.17) is 34.3 Å². The normalized spacial score (nSPS) is 11.9. The van der Waals surface area contributed by atoms with E-state index in [-0.39, 0.29) is 0 Å². The summed E-state index contributed by atoms with van der Waals surface area (Å²) in [6, 6.07) is 156. The first-order valence-electron chi connectivity index (χ1n) is 44.7. The molecule has 0 atom stereocenters. The Morgan fingerprint density at radius 3 is 0.805 bits per heavy atom. The molecule has 0 aliphatic rings. The second-order valence-electron chi connectivity index (χ2n) is 34.0. The predicted octanol–water partition coefficient (Wildman–Crippen LogP) is 32.1. The van der Waals surface area contributed by atoms with Crippen molar-refractivity contribution in [2.24, 2.45) is 0 Å². The summed E-state index contributed by atoms with van der Waals surface area (Å²) < 4.78 is 20.9. The summed E-state index contributed by atoms with van der Waals surface area (Å²) in [4.78, 5) is 29.9. The van der Waals surface area contributed by atoms with Crippen LogP contribution in [0.4, 0.5) is 0 Å². The van der Waals surface area contributed by atoms with Gasteiger partial charge in [-0.25, -0.2) is 29.9 Å². The summed E-state index contributed by atoms with van der Waals surface area (Å²) in [5.74, 6) is 3.89. The van der Waals surface area contributed by atoms with Crippen LogP contribution in [0.25, 0.3) is 263 Å². The fourth-order valence-corrected chi connectivity index (χ4v) is 22.3. The number of para-hydroxylation sites is 5. The van der Waals surface area contributed by atoms with Crippen LogP contribution in [0.2, 0.25) is 0 Å². The van der Waals surface area contributed by atoms with Crippen LogP contribution >= 0.6 is 22.7 Å². The van der Waals surface area contributed by atoms with Crippen LogP contribution < -0.4 is 0 Å². The van der Waals surface area contributed by atoms with Gasteiger partial charge in [-0.2, -0.15) is 0 Å². The average molecular weight is 1730 g/mol. The smallest absolute Gasteiger partial charge is 0.164 e. The van der Waals surface area contributed by atoms with Crippen molar-refractivity contribution in [1.29, 1.82) is 0 Å². The van der Waals surface area contributed by atoms with E-state index in [9.17, 15) is 0 Å². The molecule has 0 amide bonds. The predicted molar refractivity (Wildman–Crippen MR) is 554 cm³/mol.